The monoisotopic (exact) mass is 192 g/mol. The minimum absolute atomic E-state index is 0.466. The fourth-order valence-corrected chi connectivity index (χ4v) is 1.48. The van der Waals surface area contributed by atoms with Crippen molar-refractivity contribution < 1.29 is 9.47 Å². The third kappa shape index (κ3) is 2.00. The van der Waals surface area contributed by atoms with Crippen LogP contribution in [0.3, 0.4) is 0 Å². The van der Waals surface area contributed by atoms with E-state index in [-0.39, 0.29) is 0 Å². The zero-order chi connectivity index (χ0) is 9.97. The first-order chi connectivity index (χ1) is 6.83. The predicted octanol–water partition coefficient (Wildman–Crippen LogP) is 2.80. The summed E-state index contributed by atoms with van der Waals surface area (Å²) in [7, 11) is 1.70. The zero-order valence-electron chi connectivity index (χ0n) is 8.75. The lowest BCUT2D eigenvalue weighted by atomic mass is 10.1. The Labute approximate surface area is 84.8 Å². The minimum Gasteiger partial charge on any atom is -0.496 e. The third-order valence-corrected chi connectivity index (χ3v) is 2.46. The molecule has 0 saturated heterocycles. The Morgan fingerprint density at radius 2 is 2.14 bits per heavy atom. The third-order valence-electron chi connectivity index (χ3n) is 2.46. The highest BCUT2D eigenvalue weighted by Crippen LogP contribution is 2.30. The van der Waals surface area contributed by atoms with Gasteiger partial charge in [0.05, 0.1) is 13.2 Å². The molecular formula is C12H16O2. The topological polar surface area (TPSA) is 18.5 Å². The molecule has 0 amide bonds. The Morgan fingerprint density at radius 1 is 1.36 bits per heavy atom. The average molecular weight is 192 g/mol. The zero-order valence-corrected chi connectivity index (χ0v) is 8.75. The van der Waals surface area contributed by atoms with Crippen molar-refractivity contribution in [2.24, 2.45) is 0 Å². The van der Waals surface area contributed by atoms with E-state index in [1.807, 2.05) is 12.1 Å². The molecule has 1 fully saturated rings. The molecule has 2 rings (SSSR count). The molecule has 0 aromatic heterocycles. The van der Waals surface area contributed by atoms with E-state index in [0.717, 1.165) is 17.9 Å². The molecule has 0 atom stereocenters. The summed E-state index contributed by atoms with van der Waals surface area (Å²) in [6.07, 6.45) is 3.85. The van der Waals surface area contributed by atoms with E-state index < -0.39 is 0 Å². The maximum absolute atomic E-state index is 5.71. The summed E-state index contributed by atoms with van der Waals surface area (Å²) in [6.45, 7) is 2.12. The van der Waals surface area contributed by atoms with E-state index in [1.165, 1.54) is 18.4 Å². The first-order valence-corrected chi connectivity index (χ1v) is 5.17. The van der Waals surface area contributed by atoms with Crippen LogP contribution in [0.1, 0.15) is 25.3 Å². The second kappa shape index (κ2) is 3.91. The smallest absolute Gasteiger partial charge is 0.122 e. The van der Waals surface area contributed by atoms with E-state index in [0.29, 0.717) is 6.10 Å². The summed E-state index contributed by atoms with van der Waals surface area (Å²) < 4.78 is 11.0. The van der Waals surface area contributed by atoms with Crippen molar-refractivity contribution in [2.45, 2.75) is 32.3 Å². The number of hydrogen-bond acceptors (Lipinski definition) is 2. The Hall–Kier alpha value is -1.18. The summed E-state index contributed by atoms with van der Waals surface area (Å²) in [4.78, 5) is 0. The van der Waals surface area contributed by atoms with E-state index in [9.17, 15) is 0 Å². The predicted molar refractivity (Wildman–Crippen MR) is 56.0 cm³/mol. The molecule has 14 heavy (non-hydrogen) atoms. The number of rotatable bonds is 4. The molecule has 0 unspecified atom stereocenters. The van der Waals surface area contributed by atoms with Crippen molar-refractivity contribution in [3.05, 3.63) is 23.8 Å². The van der Waals surface area contributed by atoms with Crippen LogP contribution in [0.2, 0.25) is 0 Å². The quantitative estimate of drug-likeness (QED) is 0.730. The molecule has 1 aliphatic carbocycles. The van der Waals surface area contributed by atoms with Crippen molar-refractivity contribution >= 4 is 0 Å². The van der Waals surface area contributed by atoms with E-state index in [4.69, 9.17) is 9.47 Å². The molecule has 1 aromatic carbocycles. The fourth-order valence-electron chi connectivity index (χ4n) is 1.48. The largest absolute Gasteiger partial charge is 0.496 e. The van der Waals surface area contributed by atoms with Gasteiger partial charge in [0, 0.05) is 0 Å². The number of methoxy groups -OCH3 is 1. The van der Waals surface area contributed by atoms with Gasteiger partial charge in [0.25, 0.3) is 0 Å². The summed E-state index contributed by atoms with van der Waals surface area (Å²) in [5.41, 5.74) is 1.21. The second-order valence-corrected chi connectivity index (χ2v) is 3.64. The molecule has 0 N–H and O–H groups in total. The van der Waals surface area contributed by atoms with Gasteiger partial charge in [0.15, 0.2) is 0 Å². The van der Waals surface area contributed by atoms with E-state index in [1.54, 1.807) is 7.11 Å². The lowest BCUT2D eigenvalue weighted by Crippen LogP contribution is -1.97. The van der Waals surface area contributed by atoms with Gasteiger partial charge in [0.2, 0.25) is 0 Å². The Balaban J connectivity index is 2.16. The van der Waals surface area contributed by atoms with Gasteiger partial charge in [-0.3, -0.25) is 0 Å². The molecule has 2 heteroatoms. The van der Waals surface area contributed by atoms with Crippen LogP contribution in [-0.4, -0.2) is 13.2 Å². The summed E-state index contributed by atoms with van der Waals surface area (Å²) in [5.74, 6) is 1.93. The van der Waals surface area contributed by atoms with Crippen LogP contribution in [0.15, 0.2) is 18.2 Å². The highest BCUT2D eigenvalue weighted by atomic mass is 16.5. The molecule has 1 saturated carbocycles. The molecule has 1 aromatic rings. The van der Waals surface area contributed by atoms with Gasteiger partial charge in [-0.15, -0.1) is 0 Å². The first kappa shape index (κ1) is 9.38. The molecule has 2 nitrogen and oxygen atoms in total. The minimum atomic E-state index is 0.466. The van der Waals surface area contributed by atoms with Crippen LogP contribution < -0.4 is 9.47 Å². The van der Waals surface area contributed by atoms with Gasteiger partial charge in [-0.25, -0.2) is 0 Å². The number of hydrogen-bond donors (Lipinski definition) is 0. The molecule has 0 bridgehead atoms. The van der Waals surface area contributed by atoms with Crippen LogP contribution in [-0.2, 0) is 6.42 Å². The molecule has 0 heterocycles. The standard InChI is InChI=1S/C12H16O2/c1-3-9-8-11(14-10-4-5-10)6-7-12(9)13-2/h6-8,10H,3-5H2,1-2H3. The van der Waals surface area contributed by atoms with Crippen molar-refractivity contribution in [3.8, 4) is 11.5 Å². The van der Waals surface area contributed by atoms with Crippen LogP contribution >= 0.6 is 0 Å². The maximum Gasteiger partial charge on any atom is 0.122 e. The van der Waals surface area contributed by atoms with Gasteiger partial charge >= 0.3 is 0 Å². The van der Waals surface area contributed by atoms with E-state index >= 15 is 0 Å². The van der Waals surface area contributed by atoms with Crippen LogP contribution in [0.4, 0.5) is 0 Å². The fraction of sp³-hybridized carbons (Fsp3) is 0.500. The summed E-state index contributed by atoms with van der Waals surface area (Å²) in [5, 5.41) is 0. The Kier molecular flexibility index (Phi) is 2.62. The van der Waals surface area contributed by atoms with Crippen molar-refractivity contribution in [1.29, 1.82) is 0 Å². The average Bonchev–Trinajstić information content (AvgIpc) is 3.01. The first-order valence-electron chi connectivity index (χ1n) is 5.17. The molecule has 0 aliphatic heterocycles. The van der Waals surface area contributed by atoms with Crippen LogP contribution in [0.25, 0.3) is 0 Å². The molecule has 1 aliphatic rings. The molecule has 0 spiro atoms. The van der Waals surface area contributed by atoms with Crippen LogP contribution in [0, 0.1) is 0 Å². The number of aryl methyl sites for hydroxylation is 1. The number of ether oxygens (including phenoxy) is 2. The Morgan fingerprint density at radius 3 is 2.71 bits per heavy atom. The highest BCUT2D eigenvalue weighted by molar-refractivity contribution is 5.40. The summed E-state index contributed by atoms with van der Waals surface area (Å²) in [6, 6.07) is 6.05. The normalized spacial score (nSPS) is 15.3. The lowest BCUT2D eigenvalue weighted by Gasteiger charge is -2.09. The second-order valence-electron chi connectivity index (χ2n) is 3.64. The lowest BCUT2D eigenvalue weighted by molar-refractivity contribution is 0.302. The van der Waals surface area contributed by atoms with E-state index in [2.05, 4.69) is 13.0 Å². The Bertz CT molecular complexity index is 316. The van der Waals surface area contributed by atoms with Gasteiger partial charge in [-0.05, 0) is 43.0 Å². The molecule has 76 valence electrons. The van der Waals surface area contributed by atoms with Crippen LogP contribution in [0.5, 0.6) is 11.5 Å². The number of benzene rings is 1. The summed E-state index contributed by atoms with van der Waals surface area (Å²) >= 11 is 0. The van der Waals surface area contributed by atoms with Gasteiger partial charge in [0.1, 0.15) is 11.5 Å². The highest BCUT2D eigenvalue weighted by Gasteiger charge is 2.23. The van der Waals surface area contributed by atoms with Gasteiger partial charge in [-0.2, -0.15) is 0 Å². The molecular weight excluding hydrogens is 176 g/mol. The van der Waals surface area contributed by atoms with Gasteiger partial charge in [-0.1, -0.05) is 6.92 Å². The van der Waals surface area contributed by atoms with Crippen molar-refractivity contribution in [2.75, 3.05) is 7.11 Å². The maximum atomic E-state index is 5.71. The van der Waals surface area contributed by atoms with Gasteiger partial charge < -0.3 is 9.47 Å². The SMILES string of the molecule is CCc1cc(OC2CC2)ccc1OC. The van der Waals surface area contributed by atoms with Crippen molar-refractivity contribution in [3.63, 3.8) is 0 Å². The van der Waals surface area contributed by atoms with Crippen molar-refractivity contribution in [1.82, 2.24) is 0 Å². The molecule has 0 radical (unpaired) electrons.